The molecule has 30 heavy (non-hydrogen) atoms. The number of ether oxygens (including phenoxy) is 2. The van der Waals surface area contributed by atoms with Crippen LogP contribution >= 0.6 is 0 Å². The maximum absolute atomic E-state index is 13.6. The van der Waals surface area contributed by atoms with E-state index in [1.165, 1.54) is 44.6 Å². The van der Waals surface area contributed by atoms with E-state index in [0.717, 1.165) is 0 Å². The number of rotatable bonds is 10. The Morgan fingerprint density at radius 2 is 1.93 bits per heavy atom. The summed E-state index contributed by atoms with van der Waals surface area (Å²) >= 11 is 0. The Morgan fingerprint density at radius 3 is 2.47 bits per heavy atom. The molecule has 0 aliphatic rings. The third kappa shape index (κ3) is 6.39. The summed E-state index contributed by atoms with van der Waals surface area (Å²) in [6.07, 6.45) is -4.11. The second-order valence-corrected chi connectivity index (χ2v) is 6.62. The summed E-state index contributed by atoms with van der Waals surface area (Å²) in [4.78, 5) is 19.3. The monoisotopic (exact) mass is 427 g/mol. The fraction of sp³-hybridized carbons (Fsp3) is 0.450. The van der Waals surface area contributed by atoms with Gasteiger partial charge in [0, 0.05) is 30.9 Å². The molecule has 1 aromatic carbocycles. The summed E-state index contributed by atoms with van der Waals surface area (Å²) in [7, 11) is 1.43. The number of aromatic nitrogens is 2. The Labute approximate surface area is 172 Å². The molecule has 0 aliphatic carbocycles. The van der Waals surface area contributed by atoms with E-state index in [-0.39, 0.29) is 30.9 Å². The van der Waals surface area contributed by atoms with E-state index < -0.39 is 24.2 Å². The number of anilines is 2. The minimum absolute atomic E-state index is 0.104. The minimum atomic E-state index is -4.63. The zero-order valence-corrected chi connectivity index (χ0v) is 16.9. The summed E-state index contributed by atoms with van der Waals surface area (Å²) < 4.78 is 51.0. The van der Waals surface area contributed by atoms with E-state index in [1.807, 2.05) is 0 Å². The van der Waals surface area contributed by atoms with Crippen LogP contribution < -0.4 is 5.32 Å². The molecule has 1 aromatic heterocycles. The highest BCUT2D eigenvalue weighted by Gasteiger charge is 2.43. The number of hydrogen-bond donors (Lipinski definition) is 2. The van der Waals surface area contributed by atoms with E-state index in [0.29, 0.717) is 17.1 Å². The third-order valence-corrected chi connectivity index (χ3v) is 4.31. The fourth-order valence-electron chi connectivity index (χ4n) is 2.99. The number of benzene rings is 1. The third-order valence-electron chi connectivity index (χ3n) is 4.31. The first-order valence-corrected chi connectivity index (χ1v) is 9.24. The Hall–Kier alpha value is -2.72. The highest BCUT2D eigenvalue weighted by molar-refractivity contribution is 5.69. The van der Waals surface area contributed by atoms with Gasteiger partial charge in [-0.15, -0.1) is 0 Å². The molecule has 0 amide bonds. The van der Waals surface area contributed by atoms with Crippen molar-refractivity contribution in [2.45, 2.75) is 38.5 Å². The fourth-order valence-corrected chi connectivity index (χ4v) is 2.99. The topological polar surface area (TPSA) is 93.6 Å². The van der Waals surface area contributed by atoms with E-state index in [1.54, 1.807) is 6.92 Å². The molecule has 1 heterocycles. The van der Waals surface area contributed by atoms with Gasteiger partial charge in [-0.05, 0) is 25.5 Å². The molecule has 10 heteroatoms. The molecule has 2 atom stereocenters. The molecule has 0 fully saturated rings. The van der Waals surface area contributed by atoms with Crippen LogP contribution in [0.2, 0.25) is 0 Å². The van der Waals surface area contributed by atoms with Gasteiger partial charge in [-0.2, -0.15) is 13.2 Å². The van der Waals surface area contributed by atoms with Crippen molar-refractivity contribution in [1.82, 2.24) is 9.97 Å². The van der Waals surface area contributed by atoms with Gasteiger partial charge >= 0.3 is 12.1 Å². The van der Waals surface area contributed by atoms with E-state index in [4.69, 9.17) is 14.6 Å². The average molecular weight is 427 g/mol. The van der Waals surface area contributed by atoms with Gasteiger partial charge in [-0.1, -0.05) is 12.1 Å². The molecule has 2 aromatic rings. The lowest BCUT2D eigenvalue weighted by Crippen LogP contribution is -2.24. The average Bonchev–Trinajstić information content (AvgIpc) is 2.67. The highest BCUT2D eigenvalue weighted by Crippen LogP contribution is 2.41. The first-order chi connectivity index (χ1) is 14.2. The van der Waals surface area contributed by atoms with Gasteiger partial charge in [0.2, 0.25) is 0 Å². The molecule has 7 nitrogen and oxygen atoms in total. The highest BCUT2D eigenvalue weighted by atomic mass is 19.4. The van der Waals surface area contributed by atoms with Crippen LogP contribution in [0, 0.1) is 6.92 Å². The number of nitrogens with one attached hydrogen (secondary N) is 1. The molecule has 0 bridgehead atoms. The number of methoxy groups -OCH3 is 1. The van der Waals surface area contributed by atoms with Crippen molar-refractivity contribution in [3.8, 4) is 0 Å². The summed E-state index contributed by atoms with van der Waals surface area (Å²) in [6, 6.07) is 4.25. The summed E-state index contributed by atoms with van der Waals surface area (Å²) in [5.74, 6) is -1.06. The molecule has 1 unspecified atom stereocenters. The zero-order chi connectivity index (χ0) is 22.3. The van der Waals surface area contributed by atoms with Crippen LogP contribution in [0.3, 0.4) is 0 Å². The SMILES string of the molecule is CCO[C@@H](c1ccc(C(COC)CC(=O)O)cc1Nc1cnc(C)nc1)C(F)(F)F. The molecule has 164 valence electrons. The number of carbonyl (C=O) groups is 1. The molecular weight excluding hydrogens is 403 g/mol. The molecule has 0 radical (unpaired) electrons. The molecular formula is C20H24F3N3O4. The standard InChI is InChI=1S/C20H24F3N3O4/c1-4-30-19(20(21,22)23)16-6-5-13(14(11-29-3)8-18(27)28)7-17(16)26-15-9-24-12(2)25-10-15/h5-7,9-10,14,19,26H,4,8,11H2,1-3H3,(H,27,28)/t14?,19-/m0/s1. The predicted octanol–water partition coefficient (Wildman–Crippen LogP) is 4.37. The van der Waals surface area contributed by atoms with Crippen molar-refractivity contribution in [3.05, 3.63) is 47.5 Å². The molecule has 0 saturated heterocycles. The van der Waals surface area contributed by atoms with E-state index in [2.05, 4.69) is 15.3 Å². The second-order valence-electron chi connectivity index (χ2n) is 6.62. The maximum Gasteiger partial charge on any atom is 0.418 e. The van der Waals surface area contributed by atoms with Crippen LogP contribution in [0.5, 0.6) is 0 Å². The van der Waals surface area contributed by atoms with Gasteiger partial charge in [0.15, 0.2) is 6.10 Å². The van der Waals surface area contributed by atoms with Gasteiger partial charge in [-0.25, -0.2) is 9.97 Å². The summed E-state index contributed by atoms with van der Waals surface area (Å²) in [5.41, 5.74) is 0.913. The normalized spacial score (nSPS) is 13.7. The van der Waals surface area contributed by atoms with Crippen molar-refractivity contribution < 1.29 is 32.5 Å². The van der Waals surface area contributed by atoms with Crippen molar-refractivity contribution in [2.75, 3.05) is 25.6 Å². The van der Waals surface area contributed by atoms with E-state index in [9.17, 15) is 18.0 Å². The predicted molar refractivity (Wildman–Crippen MR) is 104 cm³/mol. The Balaban J connectivity index is 2.54. The van der Waals surface area contributed by atoms with Gasteiger partial charge in [0.05, 0.1) is 31.1 Å². The maximum atomic E-state index is 13.6. The van der Waals surface area contributed by atoms with Crippen LogP contribution in [0.25, 0.3) is 0 Å². The number of carboxylic acids is 1. The number of hydrogen-bond acceptors (Lipinski definition) is 6. The first kappa shape index (κ1) is 23.6. The van der Waals surface area contributed by atoms with Gasteiger partial charge in [-0.3, -0.25) is 4.79 Å². The molecule has 2 rings (SSSR count). The first-order valence-electron chi connectivity index (χ1n) is 9.24. The largest absolute Gasteiger partial charge is 0.481 e. The van der Waals surface area contributed by atoms with E-state index >= 15 is 0 Å². The summed E-state index contributed by atoms with van der Waals surface area (Å²) in [5, 5.41) is 12.1. The number of nitrogens with zero attached hydrogens (tertiary/aromatic N) is 2. The van der Waals surface area contributed by atoms with Crippen LogP contribution in [0.15, 0.2) is 30.6 Å². The Bertz CT molecular complexity index is 844. The zero-order valence-electron chi connectivity index (χ0n) is 16.9. The lowest BCUT2D eigenvalue weighted by Gasteiger charge is -2.25. The smallest absolute Gasteiger partial charge is 0.418 e. The van der Waals surface area contributed by atoms with Gasteiger partial charge in [0.25, 0.3) is 0 Å². The minimum Gasteiger partial charge on any atom is -0.481 e. The Kier molecular flexibility index (Phi) is 8.13. The van der Waals surface area contributed by atoms with Crippen LogP contribution in [-0.2, 0) is 14.3 Å². The lowest BCUT2D eigenvalue weighted by atomic mass is 9.93. The van der Waals surface area contributed by atoms with Gasteiger partial charge in [0.1, 0.15) is 5.82 Å². The van der Waals surface area contributed by atoms with Crippen molar-refractivity contribution >= 4 is 17.3 Å². The number of alkyl halides is 3. The molecule has 2 N–H and O–H groups in total. The Morgan fingerprint density at radius 1 is 1.27 bits per heavy atom. The van der Waals surface area contributed by atoms with Crippen LogP contribution in [-0.4, -0.2) is 47.5 Å². The van der Waals surface area contributed by atoms with Gasteiger partial charge < -0.3 is 19.9 Å². The molecule has 0 saturated carbocycles. The number of aryl methyl sites for hydroxylation is 1. The lowest BCUT2D eigenvalue weighted by molar-refractivity contribution is -0.222. The van der Waals surface area contributed by atoms with Crippen LogP contribution in [0.4, 0.5) is 24.5 Å². The quantitative estimate of drug-likeness (QED) is 0.581. The van der Waals surface area contributed by atoms with Crippen LogP contribution in [0.1, 0.15) is 42.3 Å². The number of aliphatic carboxylic acids is 1. The van der Waals surface area contributed by atoms with Crippen molar-refractivity contribution in [2.24, 2.45) is 0 Å². The molecule has 0 spiro atoms. The number of halogens is 3. The molecule has 0 aliphatic heterocycles. The second kappa shape index (κ2) is 10.4. The summed E-state index contributed by atoms with van der Waals surface area (Å²) in [6.45, 7) is 3.14. The number of carboxylic acid groups (broad SMARTS) is 1. The van der Waals surface area contributed by atoms with Crippen molar-refractivity contribution in [1.29, 1.82) is 0 Å². The van der Waals surface area contributed by atoms with Crippen molar-refractivity contribution in [3.63, 3.8) is 0 Å².